The summed E-state index contributed by atoms with van der Waals surface area (Å²) in [7, 11) is 1.43. The molecule has 146 valence electrons. The van der Waals surface area contributed by atoms with E-state index in [9.17, 15) is 14.7 Å². The molecule has 1 aliphatic rings. The van der Waals surface area contributed by atoms with Gasteiger partial charge in [0.2, 0.25) is 0 Å². The molecule has 2 unspecified atom stereocenters. The molecule has 1 aliphatic heterocycles. The maximum Gasteiger partial charge on any atom is 0.336 e. The van der Waals surface area contributed by atoms with Crippen molar-refractivity contribution in [1.29, 1.82) is 0 Å². The highest BCUT2D eigenvalue weighted by Crippen LogP contribution is 2.42. The Morgan fingerprint density at radius 3 is 2.41 bits per heavy atom. The number of phenols is 1. The fraction of sp³-hybridized carbons (Fsp3) is 0.450. The van der Waals surface area contributed by atoms with Gasteiger partial charge in [-0.05, 0) is 45.4 Å². The average Bonchev–Trinajstić information content (AvgIpc) is 2.61. The molecule has 0 saturated carbocycles. The summed E-state index contributed by atoms with van der Waals surface area (Å²) in [6.45, 7) is 7.30. The van der Waals surface area contributed by atoms with Crippen LogP contribution in [0, 0.1) is 5.92 Å². The number of hydrogen-bond acceptors (Lipinski definition) is 7. The second kappa shape index (κ2) is 8.70. The fourth-order valence-electron chi connectivity index (χ4n) is 3.30. The van der Waals surface area contributed by atoms with Gasteiger partial charge in [-0.1, -0.05) is 6.07 Å². The van der Waals surface area contributed by atoms with E-state index < -0.39 is 23.8 Å². The summed E-state index contributed by atoms with van der Waals surface area (Å²) in [5.74, 6) is -2.22. The second-order valence-electron chi connectivity index (χ2n) is 6.11. The van der Waals surface area contributed by atoms with Gasteiger partial charge in [0.15, 0.2) is 11.5 Å². The van der Waals surface area contributed by atoms with Crippen LogP contribution in [0.15, 0.2) is 34.5 Å². The van der Waals surface area contributed by atoms with Crippen LogP contribution in [0.4, 0.5) is 0 Å². The smallest absolute Gasteiger partial charge is 0.336 e. The van der Waals surface area contributed by atoms with Crippen LogP contribution in [-0.2, 0) is 19.1 Å². The van der Waals surface area contributed by atoms with Gasteiger partial charge in [0.25, 0.3) is 0 Å². The third-order valence-electron chi connectivity index (χ3n) is 4.43. The monoisotopic (exact) mass is 375 g/mol. The summed E-state index contributed by atoms with van der Waals surface area (Å²) < 4.78 is 15.6. The Hall–Kier alpha value is -2.83. The van der Waals surface area contributed by atoms with Crippen LogP contribution in [0.3, 0.4) is 0 Å². The molecular weight excluding hydrogens is 350 g/mol. The van der Waals surface area contributed by atoms with Crippen molar-refractivity contribution in [3.8, 4) is 11.5 Å². The van der Waals surface area contributed by atoms with Crippen molar-refractivity contribution in [2.45, 2.75) is 33.6 Å². The van der Waals surface area contributed by atoms with Crippen molar-refractivity contribution in [2.24, 2.45) is 10.9 Å². The fourth-order valence-corrected chi connectivity index (χ4v) is 3.30. The maximum atomic E-state index is 12.7. The first-order valence-electron chi connectivity index (χ1n) is 8.82. The zero-order valence-electron chi connectivity index (χ0n) is 16.2. The largest absolute Gasteiger partial charge is 0.504 e. The number of phenolic OH excluding ortho intramolecular Hbond substituents is 1. The Morgan fingerprint density at radius 2 is 1.81 bits per heavy atom. The minimum atomic E-state index is -0.776. The quantitative estimate of drug-likeness (QED) is 0.768. The molecule has 0 aliphatic carbocycles. The van der Waals surface area contributed by atoms with E-state index in [0.29, 0.717) is 22.5 Å². The van der Waals surface area contributed by atoms with E-state index in [-0.39, 0.29) is 24.7 Å². The number of nitrogens with zero attached hydrogens (tertiary/aromatic N) is 1. The summed E-state index contributed by atoms with van der Waals surface area (Å²) >= 11 is 0. The Labute approximate surface area is 158 Å². The number of benzene rings is 1. The lowest BCUT2D eigenvalue weighted by Crippen LogP contribution is -2.36. The lowest BCUT2D eigenvalue weighted by molar-refractivity contribution is -0.146. The van der Waals surface area contributed by atoms with E-state index in [0.717, 1.165) is 0 Å². The van der Waals surface area contributed by atoms with E-state index in [1.165, 1.54) is 13.2 Å². The van der Waals surface area contributed by atoms with Crippen LogP contribution in [0.1, 0.15) is 39.2 Å². The molecule has 0 radical (unpaired) electrons. The Morgan fingerprint density at radius 1 is 1.15 bits per heavy atom. The molecule has 0 aromatic heterocycles. The molecule has 1 aromatic carbocycles. The predicted octanol–water partition coefficient (Wildman–Crippen LogP) is 2.98. The third kappa shape index (κ3) is 4.13. The maximum absolute atomic E-state index is 12.7. The van der Waals surface area contributed by atoms with Gasteiger partial charge < -0.3 is 19.3 Å². The van der Waals surface area contributed by atoms with Gasteiger partial charge in [0.1, 0.15) is 5.92 Å². The highest BCUT2D eigenvalue weighted by molar-refractivity contribution is 6.07. The van der Waals surface area contributed by atoms with Crippen LogP contribution in [-0.4, -0.2) is 43.1 Å². The molecule has 0 saturated heterocycles. The molecule has 2 rings (SSSR count). The molecule has 1 heterocycles. The van der Waals surface area contributed by atoms with Crippen LogP contribution in [0.2, 0.25) is 0 Å². The number of esters is 2. The van der Waals surface area contributed by atoms with Gasteiger partial charge in [0, 0.05) is 17.3 Å². The summed E-state index contributed by atoms with van der Waals surface area (Å²) in [6.07, 6.45) is 0. The lowest BCUT2D eigenvalue weighted by Gasteiger charge is -2.31. The predicted molar refractivity (Wildman–Crippen MR) is 100.0 cm³/mol. The molecule has 27 heavy (non-hydrogen) atoms. The molecule has 7 nitrogen and oxygen atoms in total. The Balaban J connectivity index is 2.67. The van der Waals surface area contributed by atoms with Crippen molar-refractivity contribution in [1.82, 2.24) is 0 Å². The minimum absolute atomic E-state index is 0.0338. The standard InChI is InChI=1S/C20H25NO6/c1-6-26-19(23)16-11(3)21-12(4)17(20(24)27-7-2)18(16)13-8-9-14(22)15(10-13)25-5/h8-10,16,18,22H,6-7H2,1-5H3. The zero-order valence-corrected chi connectivity index (χ0v) is 16.2. The second-order valence-corrected chi connectivity index (χ2v) is 6.11. The van der Waals surface area contributed by atoms with Crippen molar-refractivity contribution >= 4 is 17.7 Å². The average molecular weight is 375 g/mol. The molecule has 0 amide bonds. The number of rotatable bonds is 6. The molecular formula is C20H25NO6. The van der Waals surface area contributed by atoms with Gasteiger partial charge in [-0.15, -0.1) is 0 Å². The van der Waals surface area contributed by atoms with Crippen LogP contribution in [0.25, 0.3) is 0 Å². The summed E-state index contributed by atoms with van der Waals surface area (Å²) in [5.41, 5.74) is 1.96. The molecule has 0 spiro atoms. The van der Waals surface area contributed by atoms with E-state index >= 15 is 0 Å². The number of carbonyl (C=O) groups excluding carboxylic acids is 2. The van der Waals surface area contributed by atoms with Gasteiger partial charge in [-0.2, -0.15) is 0 Å². The van der Waals surface area contributed by atoms with E-state index in [1.54, 1.807) is 39.8 Å². The number of carbonyl (C=O) groups is 2. The molecule has 0 bridgehead atoms. The zero-order chi connectivity index (χ0) is 20.1. The van der Waals surface area contributed by atoms with Crippen LogP contribution >= 0.6 is 0 Å². The highest BCUT2D eigenvalue weighted by atomic mass is 16.5. The normalized spacial score (nSPS) is 19.4. The van der Waals surface area contributed by atoms with Crippen LogP contribution < -0.4 is 4.74 Å². The number of methoxy groups -OCH3 is 1. The number of aromatic hydroxyl groups is 1. The van der Waals surface area contributed by atoms with Crippen LogP contribution in [0.5, 0.6) is 11.5 Å². The summed E-state index contributed by atoms with van der Waals surface area (Å²) in [5, 5.41) is 9.91. The lowest BCUT2D eigenvalue weighted by atomic mass is 9.75. The first-order chi connectivity index (χ1) is 12.8. The Kier molecular flexibility index (Phi) is 6.60. The minimum Gasteiger partial charge on any atom is -0.504 e. The molecule has 1 N–H and O–H groups in total. The number of aliphatic imine (C=N–C) groups is 1. The summed E-state index contributed by atoms with van der Waals surface area (Å²) in [4.78, 5) is 29.8. The molecule has 0 fully saturated rings. The first kappa shape index (κ1) is 20.5. The van der Waals surface area contributed by atoms with E-state index in [2.05, 4.69) is 4.99 Å². The van der Waals surface area contributed by atoms with E-state index in [1.807, 2.05) is 0 Å². The van der Waals surface area contributed by atoms with Gasteiger partial charge in [-0.3, -0.25) is 9.79 Å². The third-order valence-corrected chi connectivity index (χ3v) is 4.43. The van der Waals surface area contributed by atoms with Crippen molar-refractivity contribution in [3.63, 3.8) is 0 Å². The molecule has 2 atom stereocenters. The van der Waals surface area contributed by atoms with Crippen molar-refractivity contribution in [3.05, 3.63) is 35.0 Å². The Bertz CT molecular complexity index is 796. The SMILES string of the molecule is CCOC(=O)C1=C(C)N=C(C)C(C(=O)OCC)C1c1ccc(O)c(OC)c1. The van der Waals surface area contributed by atoms with Gasteiger partial charge in [0.05, 0.1) is 25.9 Å². The van der Waals surface area contributed by atoms with Gasteiger partial charge in [-0.25, -0.2) is 4.79 Å². The highest BCUT2D eigenvalue weighted by Gasteiger charge is 2.42. The number of hydrogen-bond donors (Lipinski definition) is 1. The molecule has 7 heteroatoms. The topological polar surface area (TPSA) is 94.4 Å². The van der Waals surface area contributed by atoms with Crippen molar-refractivity contribution in [2.75, 3.05) is 20.3 Å². The van der Waals surface area contributed by atoms with Crippen molar-refractivity contribution < 1.29 is 28.9 Å². The number of ether oxygens (including phenoxy) is 3. The number of allylic oxidation sites excluding steroid dienone is 1. The van der Waals surface area contributed by atoms with Gasteiger partial charge >= 0.3 is 11.9 Å². The van der Waals surface area contributed by atoms with E-state index in [4.69, 9.17) is 14.2 Å². The molecule has 1 aromatic rings. The first-order valence-corrected chi connectivity index (χ1v) is 8.82. The summed E-state index contributed by atoms with van der Waals surface area (Å²) in [6, 6.07) is 4.73.